The summed E-state index contributed by atoms with van der Waals surface area (Å²) < 4.78 is 15.2. The number of carboxylic acid groups (broad SMARTS) is 1. The van der Waals surface area contributed by atoms with Gasteiger partial charge >= 0.3 is 5.97 Å². The van der Waals surface area contributed by atoms with Crippen LogP contribution in [-0.2, 0) is 14.3 Å². The largest absolute Gasteiger partial charge is 0.481 e. The van der Waals surface area contributed by atoms with E-state index in [0.29, 0.717) is 19.0 Å². The zero-order chi connectivity index (χ0) is 14.1. The van der Waals surface area contributed by atoms with Crippen LogP contribution in [-0.4, -0.2) is 44.0 Å². The number of carbonyl (C=O) groups is 2. The fraction of sp³-hybridized carbons (Fsp3) is 0.385. The molecular formula is C13H16O6. The van der Waals surface area contributed by atoms with Gasteiger partial charge in [0.25, 0.3) is 0 Å². The third kappa shape index (κ3) is 5.50. The van der Waals surface area contributed by atoms with Gasteiger partial charge < -0.3 is 19.3 Å². The molecule has 0 unspecified atom stereocenters. The Hall–Kier alpha value is -1.92. The number of carboxylic acids is 1. The SMILES string of the molecule is COCCOCOc1ccccc1C(=O)CC(=O)O. The highest BCUT2D eigenvalue weighted by Crippen LogP contribution is 2.19. The van der Waals surface area contributed by atoms with Crippen molar-refractivity contribution in [3.63, 3.8) is 0 Å². The molecule has 0 aliphatic heterocycles. The molecule has 0 bridgehead atoms. The molecule has 6 heteroatoms. The summed E-state index contributed by atoms with van der Waals surface area (Å²) in [6.07, 6.45) is -0.565. The molecule has 0 atom stereocenters. The predicted octanol–water partition coefficient (Wildman–Crippen LogP) is 1.34. The third-order valence-electron chi connectivity index (χ3n) is 2.23. The number of benzene rings is 1. The number of rotatable bonds is 9. The summed E-state index contributed by atoms with van der Waals surface area (Å²) in [5.74, 6) is -1.36. The zero-order valence-electron chi connectivity index (χ0n) is 10.6. The first-order valence-corrected chi connectivity index (χ1v) is 5.68. The molecule has 104 valence electrons. The van der Waals surface area contributed by atoms with E-state index in [-0.39, 0.29) is 12.4 Å². The van der Waals surface area contributed by atoms with E-state index in [1.807, 2.05) is 0 Å². The Balaban J connectivity index is 2.57. The first-order chi connectivity index (χ1) is 9.15. The summed E-state index contributed by atoms with van der Waals surface area (Å²) in [5.41, 5.74) is 0.236. The van der Waals surface area contributed by atoms with E-state index < -0.39 is 18.2 Å². The summed E-state index contributed by atoms with van der Waals surface area (Å²) in [6.45, 7) is 0.797. The topological polar surface area (TPSA) is 82.1 Å². The lowest BCUT2D eigenvalue weighted by Crippen LogP contribution is -2.12. The van der Waals surface area contributed by atoms with Gasteiger partial charge in [-0.25, -0.2) is 0 Å². The van der Waals surface area contributed by atoms with Crippen LogP contribution >= 0.6 is 0 Å². The number of Topliss-reactive ketones (excluding diaryl/α,β-unsaturated/α-hetero) is 1. The molecule has 1 rings (SSSR count). The Morgan fingerprint density at radius 1 is 1.21 bits per heavy atom. The van der Waals surface area contributed by atoms with Crippen LogP contribution in [0.5, 0.6) is 5.75 Å². The number of ether oxygens (including phenoxy) is 3. The summed E-state index contributed by atoms with van der Waals surface area (Å²) in [4.78, 5) is 22.2. The smallest absolute Gasteiger partial charge is 0.311 e. The maximum atomic E-state index is 11.7. The molecule has 19 heavy (non-hydrogen) atoms. The van der Waals surface area contributed by atoms with E-state index in [9.17, 15) is 9.59 Å². The van der Waals surface area contributed by atoms with E-state index in [1.165, 1.54) is 6.07 Å². The molecule has 0 heterocycles. The maximum Gasteiger partial charge on any atom is 0.311 e. The average Bonchev–Trinajstić information content (AvgIpc) is 2.38. The van der Waals surface area contributed by atoms with Gasteiger partial charge in [0.1, 0.15) is 12.2 Å². The molecule has 0 aliphatic rings. The molecule has 0 aromatic heterocycles. The molecule has 0 amide bonds. The number of para-hydroxylation sites is 1. The highest BCUT2D eigenvalue weighted by Gasteiger charge is 2.15. The van der Waals surface area contributed by atoms with E-state index in [1.54, 1.807) is 25.3 Å². The molecule has 0 radical (unpaired) electrons. The van der Waals surface area contributed by atoms with Crippen molar-refractivity contribution in [1.29, 1.82) is 0 Å². The van der Waals surface area contributed by atoms with E-state index in [4.69, 9.17) is 19.3 Å². The van der Waals surface area contributed by atoms with Gasteiger partial charge in [0.05, 0.1) is 18.8 Å². The standard InChI is InChI=1S/C13H16O6/c1-17-6-7-18-9-19-12-5-3-2-4-10(12)11(14)8-13(15)16/h2-5H,6-9H2,1H3,(H,15,16). The monoisotopic (exact) mass is 268 g/mol. The fourth-order valence-electron chi connectivity index (χ4n) is 1.36. The van der Waals surface area contributed by atoms with Crippen LogP contribution in [0, 0.1) is 0 Å². The highest BCUT2D eigenvalue weighted by molar-refractivity contribution is 6.07. The molecule has 1 aromatic rings. The van der Waals surface area contributed by atoms with Gasteiger partial charge in [-0.2, -0.15) is 0 Å². The summed E-state index contributed by atoms with van der Waals surface area (Å²) in [7, 11) is 1.56. The zero-order valence-corrected chi connectivity index (χ0v) is 10.6. The van der Waals surface area contributed by atoms with Crippen molar-refractivity contribution in [2.24, 2.45) is 0 Å². The van der Waals surface area contributed by atoms with Gasteiger partial charge in [-0.1, -0.05) is 12.1 Å². The fourth-order valence-corrected chi connectivity index (χ4v) is 1.36. The van der Waals surface area contributed by atoms with Gasteiger partial charge in [-0.3, -0.25) is 9.59 Å². The van der Waals surface area contributed by atoms with Gasteiger partial charge in [0.2, 0.25) is 0 Å². The lowest BCUT2D eigenvalue weighted by Gasteiger charge is -2.10. The average molecular weight is 268 g/mol. The Labute approximate surface area is 110 Å². The second kappa shape index (κ2) is 8.23. The lowest BCUT2D eigenvalue weighted by atomic mass is 10.1. The molecule has 1 aromatic carbocycles. The third-order valence-corrected chi connectivity index (χ3v) is 2.23. The van der Waals surface area contributed by atoms with Crippen LogP contribution in [0.3, 0.4) is 0 Å². The molecule has 0 aliphatic carbocycles. The first-order valence-electron chi connectivity index (χ1n) is 5.68. The summed E-state index contributed by atoms with van der Waals surface area (Å²) in [6, 6.07) is 6.46. The molecule has 6 nitrogen and oxygen atoms in total. The minimum absolute atomic E-state index is 0.0271. The van der Waals surface area contributed by atoms with Crippen LogP contribution in [0.4, 0.5) is 0 Å². The minimum Gasteiger partial charge on any atom is -0.481 e. The van der Waals surface area contributed by atoms with Gasteiger partial charge in [-0.05, 0) is 12.1 Å². The van der Waals surface area contributed by atoms with Crippen LogP contribution in [0.2, 0.25) is 0 Å². The number of hydrogen-bond donors (Lipinski definition) is 1. The molecule has 0 saturated heterocycles. The molecule has 1 N–H and O–H groups in total. The summed E-state index contributed by atoms with van der Waals surface area (Å²) in [5, 5.41) is 8.61. The molecular weight excluding hydrogens is 252 g/mol. The lowest BCUT2D eigenvalue weighted by molar-refractivity contribution is -0.135. The van der Waals surface area contributed by atoms with E-state index in [2.05, 4.69) is 0 Å². The molecule has 0 fully saturated rings. The van der Waals surface area contributed by atoms with Crippen molar-refractivity contribution in [2.75, 3.05) is 27.1 Å². The summed E-state index contributed by atoms with van der Waals surface area (Å²) >= 11 is 0. The van der Waals surface area contributed by atoms with Gasteiger partial charge in [0.15, 0.2) is 12.6 Å². The van der Waals surface area contributed by atoms with E-state index in [0.717, 1.165) is 0 Å². The number of aliphatic carboxylic acids is 1. The first kappa shape index (κ1) is 15.1. The Morgan fingerprint density at radius 3 is 2.63 bits per heavy atom. The van der Waals surface area contributed by atoms with Crippen LogP contribution in [0.15, 0.2) is 24.3 Å². The Bertz CT molecular complexity index is 429. The van der Waals surface area contributed by atoms with Crippen LogP contribution in [0.1, 0.15) is 16.8 Å². The van der Waals surface area contributed by atoms with Crippen LogP contribution in [0.25, 0.3) is 0 Å². The van der Waals surface area contributed by atoms with Crippen molar-refractivity contribution in [3.8, 4) is 5.75 Å². The second-order valence-corrected chi connectivity index (χ2v) is 3.65. The number of ketones is 1. The number of methoxy groups -OCH3 is 1. The Morgan fingerprint density at radius 2 is 1.95 bits per heavy atom. The van der Waals surface area contributed by atoms with Crippen molar-refractivity contribution in [3.05, 3.63) is 29.8 Å². The minimum atomic E-state index is -1.17. The number of carbonyl (C=O) groups excluding carboxylic acids is 1. The quantitative estimate of drug-likeness (QED) is 0.315. The van der Waals surface area contributed by atoms with Crippen molar-refractivity contribution in [1.82, 2.24) is 0 Å². The normalized spacial score (nSPS) is 10.2. The highest BCUT2D eigenvalue weighted by atomic mass is 16.7. The predicted molar refractivity (Wildman–Crippen MR) is 66.3 cm³/mol. The molecule has 0 saturated carbocycles. The van der Waals surface area contributed by atoms with E-state index >= 15 is 0 Å². The number of hydrogen-bond acceptors (Lipinski definition) is 5. The maximum absolute atomic E-state index is 11.7. The van der Waals surface area contributed by atoms with Gasteiger partial charge in [0, 0.05) is 7.11 Å². The Kier molecular flexibility index (Phi) is 6.56. The second-order valence-electron chi connectivity index (χ2n) is 3.65. The molecule has 0 spiro atoms. The van der Waals surface area contributed by atoms with Gasteiger partial charge in [-0.15, -0.1) is 0 Å². The van der Waals surface area contributed by atoms with Crippen LogP contribution < -0.4 is 4.74 Å². The van der Waals surface area contributed by atoms with Crippen molar-refractivity contribution in [2.45, 2.75) is 6.42 Å². The van der Waals surface area contributed by atoms with Crippen molar-refractivity contribution >= 4 is 11.8 Å². The van der Waals surface area contributed by atoms with Crippen molar-refractivity contribution < 1.29 is 28.9 Å².